The van der Waals surface area contributed by atoms with E-state index in [9.17, 15) is 9.59 Å². The molecule has 0 fully saturated rings. The predicted molar refractivity (Wildman–Crippen MR) is 109 cm³/mol. The number of anilines is 1. The zero-order valence-electron chi connectivity index (χ0n) is 15.9. The van der Waals surface area contributed by atoms with Crippen LogP contribution in [0.25, 0.3) is 4.96 Å². The number of benzene rings is 1. The first-order valence-electron chi connectivity index (χ1n) is 8.41. The van der Waals surface area contributed by atoms with Crippen LogP contribution >= 0.6 is 23.1 Å². The Balaban J connectivity index is 1.72. The molecule has 0 spiro atoms. The molecular weight excluding hydrogens is 382 g/mol. The number of nitrogens with zero attached hydrogens (tertiary/aromatic N) is 4. The summed E-state index contributed by atoms with van der Waals surface area (Å²) in [5.74, 6) is 0.0688. The molecule has 2 heterocycles. The van der Waals surface area contributed by atoms with E-state index in [2.05, 4.69) is 26.7 Å². The second kappa shape index (κ2) is 7.40. The monoisotopic (exact) mass is 403 g/mol. The van der Waals surface area contributed by atoms with Crippen LogP contribution < -0.4 is 10.9 Å². The van der Waals surface area contributed by atoms with Crippen LogP contribution in [0.2, 0.25) is 0 Å². The van der Waals surface area contributed by atoms with Crippen LogP contribution in [0.5, 0.6) is 0 Å². The van der Waals surface area contributed by atoms with E-state index in [0.717, 1.165) is 16.8 Å². The highest BCUT2D eigenvalue weighted by atomic mass is 32.2. The van der Waals surface area contributed by atoms with Gasteiger partial charge in [-0.25, -0.2) is 0 Å². The topological polar surface area (TPSA) is 89.3 Å². The summed E-state index contributed by atoms with van der Waals surface area (Å²) in [6.07, 6.45) is 0. The first-order valence-corrected chi connectivity index (χ1v) is 10.2. The number of aromatic nitrogens is 4. The van der Waals surface area contributed by atoms with Crippen molar-refractivity contribution in [1.29, 1.82) is 0 Å². The van der Waals surface area contributed by atoms with Gasteiger partial charge < -0.3 is 5.32 Å². The molecule has 0 saturated heterocycles. The van der Waals surface area contributed by atoms with Crippen molar-refractivity contribution in [1.82, 2.24) is 19.8 Å². The highest BCUT2D eigenvalue weighted by Gasteiger charge is 2.23. The highest BCUT2D eigenvalue weighted by molar-refractivity contribution is 8.01. The number of fused-ring (bicyclic) bond motifs is 1. The van der Waals surface area contributed by atoms with Gasteiger partial charge in [-0.05, 0) is 37.1 Å². The summed E-state index contributed by atoms with van der Waals surface area (Å²) in [7, 11) is 0. The number of nitrogens with one attached hydrogen (secondary N) is 1. The number of thioether (sulfide) groups is 1. The first-order chi connectivity index (χ1) is 12.6. The van der Waals surface area contributed by atoms with Gasteiger partial charge in [0, 0.05) is 11.1 Å². The number of rotatable bonds is 4. The van der Waals surface area contributed by atoms with E-state index < -0.39 is 5.41 Å². The number of hydrogen-bond donors (Lipinski definition) is 1. The third-order valence-electron chi connectivity index (χ3n) is 3.71. The molecule has 0 atom stereocenters. The molecule has 0 bridgehead atoms. The molecule has 0 aliphatic carbocycles. The van der Waals surface area contributed by atoms with Gasteiger partial charge in [-0.15, -0.1) is 15.3 Å². The second-order valence-corrected chi connectivity index (χ2v) is 9.56. The minimum Gasteiger partial charge on any atom is -0.325 e. The predicted octanol–water partition coefficient (Wildman–Crippen LogP) is 3.19. The van der Waals surface area contributed by atoms with E-state index in [-0.39, 0.29) is 17.2 Å². The lowest BCUT2D eigenvalue weighted by molar-refractivity contribution is -0.113. The molecular formula is C18H21N5O2S2. The Labute approximate surface area is 165 Å². The molecule has 0 aliphatic heterocycles. The zero-order valence-corrected chi connectivity index (χ0v) is 17.5. The van der Waals surface area contributed by atoms with Crippen LogP contribution in [0.4, 0.5) is 5.69 Å². The van der Waals surface area contributed by atoms with E-state index >= 15 is 0 Å². The molecule has 0 unspecified atom stereocenters. The summed E-state index contributed by atoms with van der Waals surface area (Å²) in [4.78, 5) is 25.2. The number of amides is 1. The van der Waals surface area contributed by atoms with Crippen molar-refractivity contribution in [3.8, 4) is 0 Å². The molecule has 0 radical (unpaired) electrons. The van der Waals surface area contributed by atoms with E-state index in [1.807, 2.05) is 46.8 Å². The normalized spacial score (nSPS) is 11.7. The van der Waals surface area contributed by atoms with Gasteiger partial charge in [-0.2, -0.15) is 4.52 Å². The van der Waals surface area contributed by atoms with Crippen LogP contribution in [-0.4, -0.2) is 31.5 Å². The van der Waals surface area contributed by atoms with Crippen LogP contribution in [0.15, 0.2) is 27.3 Å². The second-order valence-electron chi connectivity index (χ2n) is 7.38. The van der Waals surface area contributed by atoms with E-state index in [0.29, 0.717) is 15.0 Å². The van der Waals surface area contributed by atoms with Gasteiger partial charge in [0.1, 0.15) is 5.69 Å². The van der Waals surface area contributed by atoms with Crippen LogP contribution in [0, 0.1) is 13.8 Å². The summed E-state index contributed by atoms with van der Waals surface area (Å²) >= 11 is 2.52. The summed E-state index contributed by atoms with van der Waals surface area (Å²) in [5.41, 5.74) is 2.66. The molecule has 1 N–H and O–H groups in total. The molecule has 0 aliphatic rings. The third-order valence-corrected chi connectivity index (χ3v) is 5.75. The maximum atomic E-state index is 12.5. The van der Waals surface area contributed by atoms with Crippen molar-refractivity contribution in [2.75, 3.05) is 11.1 Å². The Hall–Kier alpha value is -2.26. The molecule has 7 nitrogen and oxygen atoms in total. The Morgan fingerprint density at radius 1 is 1.19 bits per heavy atom. The first kappa shape index (κ1) is 19.5. The van der Waals surface area contributed by atoms with Crippen molar-refractivity contribution in [2.45, 2.75) is 44.4 Å². The van der Waals surface area contributed by atoms with Crippen LogP contribution in [0.1, 0.15) is 37.6 Å². The Morgan fingerprint density at radius 2 is 1.85 bits per heavy atom. The summed E-state index contributed by atoms with van der Waals surface area (Å²) in [5, 5.41) is 15.3. The lowest BCUT2D eigenvalue weighted by atomic mass is 9.93. The summed E-state index contributed by atoms with van der Waals surface area (Å²) in [6, 6.07) is 5.91. The number of carbonyl (C=O) groups excluding carboxylic acids is 1. The smallest absolute Gasteiger partial charge is 0.297 e. The number of carbonyl (C=O) groups is 1. The van der Waals surface area contributed by atoms with Crippen molar-refractivity contribution < 1.29 is 4.79 Å². The average molecular weight is 404 g/mol. The fourth-order valence-electron chi connectivity index (χ4n) is 2.60. The van der Waals surface area contributed by atoms with Gasteiger partial charge >= 0.3 is 0 Å². The standard InChI is InChI=1S/C18H21N5O2S2/c1-10-6-11(2)8-12(7-10)19-13(24)9-26-17-22-23-15(25)14(18(3,4)5)20-21-16(23)27-17/h6-8H,9H2,1-5H3,(H,19,24). The molecule has 3 rings (SSSR count). The van der Waals surface area contributed by atoms with Crippen LogP contribution in [-0.2, 0) is 10.2 Å². The minimum atomic E-state index is -0.409. The Kier molecular flexibility index (Phi) is 5.34. The summed E-state index contributed by atoms with van der Waals surface area (Å²) in [6.45, 7) is 9.70. The van der Waals surface area contributed by atoms with Crippen molar-refractivity contribution >= 4 is 39.7 Å². The molecule has 0 saturated carbocycles. The molecule has 1 amide bonds. The van der Waals surface area contributed by atoms with E-state index in [1.54, 1.807) is 0 Å². The quantitative estimate of drug-likeness (QED) is 0.673. The minimum absolute atomic E-state index is 0.127. The lowest BCUT2D eigenvalue weighted by Crippen LogP contribution is -2.30. The molecule has 3 aromatic rings. The van der Waals surface area contributed by atoms with Crippen molar-refractivity contribution in [3.05, 3.63) is 45.4 Å². The molecule has 142 valence electrons. The summed E-state index contributed by atoms with van der Waals surface area (Å²) < 4.78 is 1.87. The molecule has 27 heavy (non-hydrogen) atoms. The fraction of sp³-hybridized carbons (Fsp3) is 0.389. The van der Waals surface area contributed by atoms with E-state index in [4.69, 9.17) is 0 Å². The van der Waals surface area contributed by atoms with Gasteiger partial charge in [-0.3, -0.25) is 9.59 Å². The molecule has 1 aromatic carbocycles. The van der Waals surface area contributed by atoms with Gasteiger partial charge in [0.05, 0.1) is 5.75 Å². The number of aryl methyl sites for hydroxylation is 2. The largest absolute Gasteiger partial charge is 0.325 e. The van der Waals surface area contributed by atoms with Crippen molar-refractivity contribution in [3.63, 3.8) is 0 Å². The molecule has 2 aromatic heterocycles. The van der Waals surface area contributed by atoms with Gasteiger partial charge in [0.25, 0.3) is 5.56 Å². The zero-order chi connectivity index (χ0) is 19.8. The SMILES string of the molecule is Cc1cc(C)cc(NC(=O)CSc2nn3c(=O)c(C(C)(C)C)nnc3s2)c1. The van der Waals surface area contributed by atoms with E-state index in [1.165, 1.54) is 27.6 Å². The third kappa shape index (κ3) is 4.54. The lowest BCUT2D eigenvalue weighted by Gasteiger charge is -2.14. The highest BCUT2D eigenvalue weighted by Crippen LogP contribution is 2.24. The average Bonchev–Trinajstić information content (AvgIpc) is 2.95. The Bertz CT molecular complexity index is 1050. The fourth-order valence-corrected chi connectivity index (χ4v) is 4.27. The Morgan fingerprint density at radius 3 is 2.48 bits per heavy atom. The van der Waals surface area contributed by atoms with Crippen LogP contribution in [0.3, 0.4) is 0 Å². The maximum Gasteiger partial charge on any atom is 0.297 e. The van der Waals surface area contributed by atoms with Gasteiger partial charge in [0.2, 0.25) is 10.9 Å². The van der Waals surface area contributed by atoms with Crippen molar-refractivity contribution in [2.24, 2.45) is 0 Å². The number of hydrogen-bond acceptors (Lipinski definition) is 7. The molecule has 9 heteroatoms. The van der Waals surface area contributed by atoms with Gasteiger partial charge in [0.15, 0.2) is 4.34 Å². The maximum absolute atomic E-state index is 12.5. The van der Waals surface area contributed by atoms with Gasteiger partial charge in [-0.1, -0.05) is 49.9 Å².